The number of para-hydroxylation sites is 1. The number of amides is 1. The van der Waals surface area contributed by atoms with Crippen LogP contribution in [0.25, 0.3) is 0 Å². The number of rotatable bonds is 8. The first-order valence-electron chi connectivity index (χ1n) is 12.8. The number of benzene rings is 2. The van der Waals surface area contributed by atoms with Crippen molar-refractivity contribution < 1.29 is 4.79 Å². The Balaban J connectivity index is 1.60. The minimum atomic E-state index is -0.172. The van der Waals surface area contributed by atoms with Crippen molar-refractivity contribution in [1.29, 1.82) is 0 Å². The average Bonchev–Trinajstić information content (AvgIpc) is 3.33. The summed E-state index contributed by atoms with van der Waals surface area (Å²) < 4.78 is 0. The molecule has 9 nitrogen and oxygen atoms in total. The number of nitrogens with zero attached hydrogens (tertiary/aromatic N) is 4. The lowest BCUT2D eigenvalue weighted by molar-refractivity contribution is 0.102. The molecule has 4 N–H and O–H groups in total. The standard InChI is InChI=1S/C28H38N8O/c1-18-9-7-8-10-22(18)31-24(37)20-12-11-19(2)23(15-20)32-26-33-25(30-21-13-14-29-16-21)34-27(35-26)36(6)17-28(3,4)5/h7-12,15,21,29H,13-14,16-17H2,1-6H3,(H,31,37)(H2,30,32,33,34,35)/t21-/m1/s1. The van der Waals surface area contributed by atoms with Crippen LogP contribution in [0.5, 0.6) is 0 Å². The predicted octanol–water partition coefficient (Wildman–Crippen LogP) is 4.74. The summed E-state index contributed by atoms with van der Waals surface area (Å²) in [5, 5.41) is 13.2. The maximum absolute atomic E-state index is 13.0. The lowest BCUT2D eigenvalue weighted by Crippen LogP contribution is -2.31. The number of aromatic nitrogens is 3. The van der Waals surface area contributed by atoms with Gasteiger partial charge in [-0.15, -0.1) is 0 Å². The lowest BCUT2D eigenvalue weighted by atomic mass is 9.96. The zero-order chi connectivity index (χ0) is 26.6. The van der Waals surface area contributed by atoms with Crippen LogP contribution in [0.15, 0.2) is 42.5 Å². The van der Waals surface area contributed by atoms with Crippen molar-refractivity contribution in [3.63, 3.8) is 0 Å². The van der Waals surface area contributed by atoms with E-state index in [1.165, 1.54) is 0 Å². The van der Waals surface area contributed by atoms with Crippen molar-refractivity contribution >= 4 is 35.1 Å². The molecular weight excluding hydrogens is 464 g/mol. The van der Waals surface area contributed by atoms with Crippen molar-refractivity contribution in [3.05, 3.63) is 59.2 Å². The number of aryl methyl sites for hydroxylation is 2. The smallest absolute Gasteiger partial charge is 0.255 e. The van der Waals surface area contributed by atoms with E-state index < -0.39 is 0 Å². The molecule has 0 unspecified atom stereocenters. The van der Waals surface area contributed by atoms with E-state index in [9.17, 15) is 4.79 Å². The van der Waals surface area contributed by atoms with Crippen LogP contribution in [0.2, 0.25) is 0 Å². The van der Waals surface area contributed by atoms with E-state index in [0.717, 1.165) is 48.6 Å². The van der Waals surface area contributed by atoms with E-state index in [1.807, 2.05) is 68.3 Å². The Morgan fingerprint density at radius 1 is 1.03 bits per heavy atom. The first kappa shape index (κ1) is 26.3. The van der Waals surface area contributed by atoms with Gasteiger partial charge in [0, 0.05) is 43.1 Å². The summed E-state index contributed by atoms with van der Waals surface area (Å²) in [6.07, 6.45) is 1.01. The van der Waals surface area contributed by atoms with E-state index >= 15 is 0 Å². The van der Waals surface area contributed by atoms with Gasteiger partial charge in [-0.05, 0) is 61.6 Å². The molecule has 0 bridgehead atoms. The predicted molar refractivity (Wildman–Crippen MR) is 151 cm³/mol. The normalized spacial score (nSPS) is 15.4. The van der Waals surface area contributed by atoms with Gasteiger partial charge in [-0.2, -0.15) is 15.0 Å². The molecule has 37 heavy (non-hydrogen) atoms. The Morgan fingerprint density at radius 3 is 2.46 bits per heavy atom. The summed E-state index contributed by atoms with van der Waals surface area (Å²) in [4.78, 5) is 29.1. The average molecular weight is 503 g/mol. The van der Waals surface area contributed by atoms with E-state index in [2.05, 4.69) is 47.0 Å². The molecule has 0 radical (unpaired) electrons. The number of hydrogen-bond donors (Lipinski definition) is 4. The Hall–Kier alpha value is -3.72. The second-order valence-electron chi connectivity index (χ2n) is 11.0. The van der Waals surface area contributed by atoms with Gasteiger partial charge in [0.2, 0.25) is 17.8 Å². The van der Waals surface area contributed by atoms with Crippen molar-refractivity contribution in [3.8, 4) is 0 Å². The molecule has 1 amide bonds. The highest BCUT2D eigenvalue weighted by Gasteiger charge is 2.20. The highest BCUT2D eigenvalue weighted by Crippen LogP contribution is 2.25. The van der Waals surface area contributed by atoms with E-state index in [1.54, 1.807) is 0 Å². The molecule has 196 valence electrons. The summed E-state index contributed by atoms with van der Waals surface area (Å²) in [5.41, 5.74) is 4.17. The molecule has 1 aliphatic heterocycles. The van der Waals surface area contributed by atoms with Crippen LogP contribution in [0, 0.1) is 19.3 Å². The largest absolute Gasteiger partial charge is 0.350 e. The molecule has 1 aliphatic rings. The third-order valence-corrected chi connectivity index (χ3v) is 6.21. The maximum atomic E-state index is 13.0. The lowest BCUT2D eigenvalue weighted by Gasteiger charge is -2.27. The second-order valence-corrected chi connectivity index (χ2v) is 11.0. The fourth-order valence-electron chi connectivity index (χ4n) is 4.32. The fourth-order valence-corrected chi connectivity index (χ4v) is 4.32. The van der Waals surface area contributed by atoms with Gasteiger partial charge in [-0.3, -0.25) is 4.79 Å². The van der Waals surface area contributed by atoms with Crippen LogP contribution in [-0.2, 0) is 0 Å². The molecule has 0 saturated carbocycles. The summed E-state index contributed by atoms with van der Waals surface area (Å²) in [7, 11) is 1.99. The van der Waals surface area contributed by atoms with E-state index in [4.69, 9.17) is 9.97 Å². The highest BCUT2D eigenvalue weighted by molar-refractivity contribution is 6.05. The molecule has 9 heteroatoms. The molecule has 0 aliphatic carbocycles. The zero-order valence-electron chi connectivity index (χ0n) is 22.6. The Labute approximate surface area is 219 Å². The van der Waals surface area contributed by atoms with Crippen molar-refractivity contribution in [2.45, 2.75) is 47.1 Å². The van der Waals surface area contributed by atoms with Crippen LogP contribution < -0.4 is 26.2 Å². The second kappa shape index (κ2) is 11.1. The molecule has 1 fully saturated rings. The quantitative estimate of drug-likeness (QED) is 0.350. The monoisotopic (exact) mass is 502 g/mol. The number of anilines is 5. The van der Waals surface area contributed by atoms with Gasteiger partial charge in [-0.1, -0.05) is 45.0 Å². The van der Waals surface area contributed by atoms with Gasteiger partial charge in [-0.25, -0.2) is 0 Å². The van der Waals surface area contributed by atoms with Gasteiger partial charge >= 0.3 is 0 Å². The summed E-state index contributed by atoms with van der Waals surface area (Å²) in [6, 6.07) is 13.6. The minimum absolute atomic E-state index is 0.0767. The maximum Gasteiger partial charge on any atom is 0.255 e. The van der Waals surface area contributed by atoms with E-state index in [-0.39, 0.29) is 17.4 Å². The van der Waals surface area contributed by atoms with Crippen LogP contribution in [0.1, 0.15) is 48.7 Å². The summed E-state index contributed by atoms with van der Waals surface area (Å²) in [5.74, 6) is 1.38. The third kappa shape index (κ3) is 7.16. The van der Waals surface area contributed by atoms with E-state index in [0.29, 0.717) is 23.4 Å². The number of hydrogen-bond acceptors (Lipinski definition) is 8. The zero-order valence-corrected chi connectivity index (χ0v) is 22.6. The summed E-state index contributed by atoms with van der Waals surface area (Å²) >= 11 is 0. The van der Waals surface area contributed by atoms with Gasteiger partial charge in [0.1, 0.15) is 0 Å². The van der Waals surface area contributed by atoms with Crippen molar-refractivity contribution in [2.24, 2.45) is 5.41 Å². The van der Waals surface area contributed by atoms with Crippen LogP contribution in [-0.4, -0.2) is 53.6 Å². The molecule has 0 spiro atoms. The fraction of sp³-hybridized carbons (Fsp3) is 0.429. The summed E-state index contributed by atoms with van der Waals surface area (Å²) in [6.45, 7) is 13.1. The first-order valence-corrected chi connectivity index (χ1v) is 12.8. The molecule has 1 atom stereocenters. The topological polar surface area (TPSA) is 107 Å². The number of carbonyl (C=O) groups is 1. The molecule has 3 aromatic rings. The highest BCUT2D eigenvalue weighted by atomic mass is 16.1. The van der Waals surface area contributed by atoms with Crippen molar-refractivity contribution in [2.75, 3.05) is 47.5 Å². The SMILES string of the molecule is Cc1ccccc1NC(=O)c1ccc(C)c(Nc2nc(N[C@@H]3CCNC3)nc(N(C)CC(C)(C)C)n2)c1. The first-order chi connectivity index (χ1) is 17.6. The van der Waals surface area contributed by atoms with Gasteiger partial charge in [0.15, 0.2) is 0 Å². The number of nitrogens with one attached hydrogen (secondary N) is 4. The molecule has 4 rings (SSSR count). The molecule has 1 saturated heterocycles. The van der Waals surface area contributed by atoms with Crippen LogP contribution in [0.4, 0.5) is 29.2 Å². The Kier molecular flexibility index (Phi) is 7.92. The molecule has 1 aromatic heterocycles. The molecular formula is C28H38N8O. The van der Waals surface area contributed by atoms with Gasteiger partial charge in [0.25, 0.3) is 5.91 Å². The van der Waals surface area contributed by atoms with Crippen molar-refractivity contribution in [1.82, 2.24) is 20.3 Å². The third-order valence-electron chi connectivity index (χ3n) is 6.21. The van der Waals surface area contributed by atoms with Crippen LogP contribution >= 0.6 is 0 Å². The Bertz CT molecular complexity index is 1250. The number of carbonyl (C=O) groups excluding carboxylic acids is 1. The molecule has 2 aromatic carbocycles. The van der Waals surface area contributed by atoms with Gasteiger partial charge in [0.05, 0.1) is 0 Å². The minimum Gasteiger partial charge on any atom is -0.350 e. The van der Waals surface area contributed by atoms with Gasteiger partial charge < -0.3 is 26.2 Å². The Morgan fingerprint density at radius 2 is 1.76 bits per heavy atom. The molecule has 2 heterocycles. The van der Waals surface area contributed by atoms with Crippen LogP contribution in [0.3, 0.4) is 0 Å².